The first-order chi connectivity index (χ1) is 9.08. The lowest BCUT2D eigenvalue weighted by Gasteiger charge is -2.05. The zero-order chi connectivity index (χ0) is 13.8. The van der Waals surface area contributed by atoms with E-state index in [0.717, 1.165) is 23.0 Å². The summed E-state index contributed by atoms with van der Waals surface area (Å²) in [4.78, 5) is 0. The van der Waals surface area contributed by atoms with Crippen LogP contribution in [0.1, 0.15) is 30.0 Å². The van der Waals surface area contributed by atoms with E-state index in [1.807, 2.05) is 0 Å². The Morgan fingerprint density at radius 1 is 1.21 bits per heavy atom. The molecule has 1 aromatic carbocycles. The molecule has 102 valence electrons. The van der Waals surface area contributed by atoms with Crippen LogP contribution in [0.15, 0.2) is 18.2 Å². The van der Waals surface area contributed by atoms with E-state index < -0.39 is 0 Å². The highest BCUT2D eigenvalue weighted by molar-refractivity contribution is 7.14. The number of rotatable bonds is 5. The molecule has 2 aromatic rings. The van der Waals surface area contributed by atoms with Crippen molar-refractivity contribution in [2.24, 2.45) is 0 Å². The van der Waals surface area contributed by atoms with Crippen molar-refractivity contribution < 1.29 is 0 Å². The minimum Gasteiger partial charge on any atom is -0.314 e. The summed E-state index contributed by atoms with van der Waals surface area (Å²) in [6.07, 6.45) is 0.945. The molecule has 0 aliphatic heterocycles. The standard InChI is InChI=1S/C15H21N3S/c1-10(2)16-9-8-14-17-18-15(19-14)13-7-5-6-11(3)12(13)4/h5-7,10,16H,8-9H2,1-4H3. The lowest BCUT2D eigenvalue weighted by Crippen LogP contribution is -2.24. The molecule has 1 N–H and O–H groups in total. The first-order valence-corrected chi connectivity index (χ1v) is 7.52. The molecule has 1 heterocycles. The Morgan fingerprint density at radius 3 is 2.74 bits per heavy atom. The molecule has 0 atom stereocenters. The Bertz CT molecular complexity index is 546. The highest BCUT2D eigenvalue weighted by Crippen LogP contribution is 2.28. The summed E-state index contributed by atoms with van der Waals surface area (Å²) in [7, 11) is 0. The molecule has 0 unspecified atom stereocenters. The quantitative estimate of drug-likeness (QED) is 0.909. The summed E-state index contributed by atoms with van der Waals surface area (Å²) >= 11 is 1.70. The number of hydrogen-bond donors (Lipinski definition) is 1. The van der Waals surface area contributed by atoms with Crippen LogP contribution in [-0.2, 0) is 6.42 Å². The fourth-order valence-electron chi connectivity index (χ4n) is 1.91. The molecule has 19 heavy (non-hydrogen) atoms. The van der Waals surface area contributed by atoms with E-state index in [1.165, 1.54) is 16.7 Å². The van der Waals surface area contributed by atoms with Gasteiger partial charge in [0.2, 0.25) is 0 Å². The molecule has 1 aromatic heterocycles. The van der Waals surface area contributed by atoms with Crippen LogP contribution in [-0.4, -0.2) is 22.8 Å². The van der Waals surface area contributed by atoms with Crippen molar-refractivity contribution in [1.29, 1.82) is 0 Å². The maximum atomic E-state index is 4.33. The van der Waals surface area contributed by atoms with Gasteiger partial charge in [-0.15, -0.1) is 10.2 Å². The smallest absolute Gasteiger partial charge is 0.148 e. The topological polar surface area (TPSA) is 37.8 Å². The monoisotopic (exact) mass is 275 g/mol. The molecule has 0 aliphatic carbocycles. The molecule has 0 radical (unpaired) electrons. The van der Waals surface area contributed by atoms with Gasteiger partial charge in [-0.3, -0.25) is 0 Å². The predicted octanol–water partition coefficient (Wildman–Crippen LogP) is 3.36. The average Bonchev–Trinajstić information content (AvgIpc) is 2.81. The molecule has 4 heteroatoms. The first-order valence-electron chi connectivity index (χ1n) is 6.70. The van der Waals surface area contributed by atoms with Crippen LogP contribution in [0.5, 0.6) is 0 Å². The maximum absolute atomic E-state index is 4.33. The summed E-state index contributed by atoms with van der Waals surface area (Å²) in [6.45, 7) is 9.54. The molecule has 0 spiro atoms. The number of aryl methyl sites for hydroxylation is 1. The van der Waals surface area contributed by atoms with Crippen molar-refractivity contribution in [1.82, 2.24) is 15.5 Å². The number of nitrogens with one attached hydrogen (secondary N) is 1. The van der Waals surface area contributed by atoms with Gasteiger partial charge in [-0.2, -0.15) is 0 Å². The summed E-state index contributed by atoms with van der Waals surface area (Å²) in [5.41, 5.74) is 3.81. The van der Waals surface area contributed by atoms with Crippen molar-refractivity contribution in [2.75, 3.05) is 6.54 Å². The Kier molecular flexibility index (Phi) is 4.66. The van der Waals surface area contributed by atoms with Crippen LogP contribution in [0, 0.1) is 13.8 Å². The van der Waals surface area contributed by atoms with Crippen LogP contribution in [0.2, 0.25) is 0 Å². The lowest BCUT2D eigenvalue weighted by molar-refractivity contribution is 0.588. The van der Waals surface area contributed by atoms with Gasteiger partial charge in [-0.25, -0.2) is 0 Å². The second-order valence-corrected chi connectivity index (χ2v) is 6.17. The first kappa shape index (κ1) is 14.2. The predicted molar refractivity (Wildman–Crippen MR) is 81.7 cm³/mol. The van der Waals surface area contributed by atoms with Gasteiger partial charge in [0, 0.05) is 24.6 Å². The van der Waals surface area contributed by atoms with E-state index >= 15 is 0 Å². The molecule has 3 nitrogen and oxygen atoms in total. The largest absolute Gasteiger partial charge is 0.314 e. The van der Waals surface area contributed by atoms with Crippen molar-refractivity contribution in [3.63, 3.8) is 0 Å². The van der Waals surface area contributed by atoms with Gasteiger partial charge in [0.1, 0.15) is 10.0 Å². The Morgan fingerprint density at radius 2 is 2.00 bits per heavy atom. The van der Waals surface area contributed by atoms with Gasteiger partial charge in [-0.05, 0) is 25.0 Å². The van der Waals surface area contributed by atoms with Crippen molar-refractivity contribution in [3.8, 4) is 10.6 Å². The third-order valence-electron chi connectivity index (χ3n) is 3.19. The number of hydrogen-bond acceptors (Lipinski definition) is 4. The molecule has 2 rings (SSSR count). The van der Waals surface area contributed by atoms with Crippen molar-refractivity contribution in [2.45, 2.75) is 40.2 Å². The van der Waals surface area contributed by atoms with E-state index in [-0.39, 0.29) is 0 Å². The Hall–Kier alpha value is -1.26. The molecule has 0 fully saturated rings. The van der Waals surface area contributed by atoms with Crippen molar-refractivity contribution in [3.05, 3.63) is 34.3 Å². The molecule has 0 saturated heterocycles. The van der Waals surface area contributed by atoms with Gasteiger partial charge in [0.05, 0.1) is 0 Å². The zero-order valence-corrected chi connectivity index (χ0v) is 12.8. The minimum absolute atomic E-state index is 0.520. The van der Waals surface area contributed by atoms with Crippen LogP contribution in [0.3, 0.4) is 0 Å². The normalized spacial score (nSPS) is 11.2. The fraction of sp³-hybridized carbons (Fsp3) is 0.467. The van der Waals surface area contributed by atoms with Crippen LogP contribution >= 0.6 is 11.3 Å². The molecule has 0 saturated carbocycles. The van der Waals surface area contributed by atoms with Crippen LogP contribution in [0.25, 0.3) is 10.6 Å². The molecule has 0 amide bonds. The summed E-state index contributed by atoms with van der Waals surface area (Å²) in [5, 5.41) is 14.1. The Balaban J connectivity index is 2.10. The molecular formula is C15H21N3S. The third kappa shape index (κ3) is 3.61. The minimum atomic E-state index is 0.520. The molecule has 0 bridgehead atoms. The lowest BCUT2D eigenvalue weighted by atomic mass is 10.0. The molecule has 0 aliphatic rings. The molecular weight excluding hydrogens is 254 g/mol. The average molecular weight is 275 g/mol. The Labute approximate surface area is 119 Å². The van der Waals surface area contributed by atoms with Crippen LogP contribution < -0.4 is 5.32 Å². The summed E-state index contributed by atoms with van der Waals surface area (Å²) < 4.78 is 0. The second-order valence-electron chi connectivity index (χ2n) is 5.11. The number of benzene rings is 1. The number of nitrogens with zero attached hydrogens (tertiary/aromatic N) is 2. The zero-order valence-electron chi connectivity index (χ0n) is 12.0. The van der Waals surface area contributed by atoms with Crippen LogP contribution in [0.4, 0.5) is 0 Å². The van der Waals surface area contributed by atoms with E-state index in [4.69, 9.17) is 0 Å². The maximum Gasteiger partial charge on any atom is 0.148 e. The summed E-state index contributed by atoms with van der Waals surface area (Å²) in [5.74, 6) is 0. The van der Waals surface area contributed by atoms with Gasteiger partial charge in [0.15, 0.2) is 0 Å². The summed E-state index contributed by atoms with van der Waals surface area (Å²) in [6, 6.07) is 6.86. The van der Waals surface area contributed by atoms with Crippen molar-refractivity contribution >= 4 is 11.3 Å². The van der Waals surface area contributed by atoms with E-state index in [9.17, 15) is 0 Å². The highest BCUT2D eigenvalue weighted by Gasteiger charge is 2.10. The van der Waals surface area contributed by atoms with E-state index in [0.29, 0.717) is 6.04 Å². The SMILES string of the molecule is Cc1cccc(-c2nnc(CCNC(C)C)s2)c1C. The van der Waals surface area contributed by atoms with Gasteiger partial charge in [0.25, 0.3) is 0 Å². The van der Waals surface area contributed by atoms with Gasteiger partial charge in [-0.1, -0.05) is 43.4 Å². The van der Waals surface area contributed by atoms with Gasteiger partial charge < -0.3 is 5.32 Å². The second kappa shape index (κ2) is 6.26. The highest BCUT2D eigenvalue weighted by atomic mass is 32.1. The van der Waals surface area contributed by atoms with E-state index in [2.05, 4.69) is 61.4 Å². The third-order valence-corrected chi connectivity index (χ3v) is 4.21. The van der Waals surface area contributed by atoms with Gasteiger partial charge >= 0.3 is 0 Å². The van der Waals surface area contributed by atoms with E-state index in [1.54, 1.807) is 11.3 Å². The fourth-order valence-corrected chi connectivity index (χ4v) is 2.84. The number of aromatic nitrogens is 2.